The number of ether oxygens (including phenoxy) is 1. The van der Waals surface area contributed by atoms with Crippen LogP contribution in [0.3, 0.4) is 0 Å². The molecule has 7 nitrogen and oxygen atoms in total. The molecule has 0 radical (unpaired) electrons. The van der Waals surface area contributed by atoms with Crippen molar-refractivity contribution >= 4 is 42.4 Å². The fourth-order valence-electron chi connectivity index (χ4n) is 3.32. The SMILES string of the molecule is COc1cccc2sc(N(Cc3ccco3)C(=O)CCCS(=O)(=O)c3ccc(F)cc3)nc12. The van der Waals surface area contributed by atoms with Crippen LogP contribution in [0.25, 0.3) is 10.2 Å². The summed E-state index contributed by atoms with van der Waals surface area (Å²) < 4.78 is 49.8. The van der Waals surface area contributed by atoms with Gasteiger partial charge in [-0.25, -0.2) is 17.8 Å². The number of halogens is 1. The molecule has 10 heteroatoms. The van der Waals surface area contributed by atoms with E-state index in [2.05, 4.69) is 4.98 Å². The summed E-state index contributed by atoms with van der Waals surface area (Å²) in [7, 11) is -2.07. The minimum atomic E-state index is -3.63. The summed E-state index contributed by atoms with van der Waals surface area (Å²) in [6.07, 6.45) is 1.63. The van der Waals surface area contributed by atoms with Crippen molar-refractivity contribution in [2.45, 2.75) is 24.3 Å². The van der Waals surface area contributed by atoms with Gasteiger partial charge in [-0.2, -0.15) is 0 Å². The monoisotopic (exact) mass is 488 g/mol. The molecule has 0 saturated carbocycles. The number of rotatable bonds is 9. The van der Waals surface area contributed by atoms with Crippen LogP contribution in [-0.4, -0.2) is 32.2 Å². The van der Waals surface area contributed by atoms with Gasteiger partial charge in [0.1, 0.15) is 22.8 Å². The molecule has 0 atom stereocenters. The first-order valence-corrected chi connectivity index (χ1v) is 12.6. The second-order valence-electron chi connectivity index (χ2n) is 7.24. The molecular formula is C23H21FN2O5S2. The topological polar surface area (TPSA) is 89.7 Å². The predicted octanol–water partition coefficient (Wildman–Crippen LogP) is 4.82. The van der Waals surface area contributed by atoms with Crippen LogP contribution in [0.15, 0.2) is 70.2 Å². The van der Waals surface area contributed by atoms with E-state index in [4.69, 9.17) is 9.15 Å². The van der Waals surface area contributed by atoms with Crippen molar-refractivity contribution in [3.05, 3.63) is 72.4 Å². The summed E-state index contributed by atoms with van der Waals surface area (Å²) in [6, 6.07) is 13.7. The Kier molecular flexibility index (Phi) is 6.75. The third kappa shape index (κ3) is 5.23. The number of carbonyl (C=O) groups is 1. The molecule has 2 heterocycles. The zero-order valence-corrected chi connectivity index (χ0v) is 19.4. The number of benzene rings is 2. The standard InChI is InChI=1S/C23H21FN2O5S2/c1-30-19-6-2-7-20-22(19)25-23(32-20)26(15-17-5-3-13-31-17)21(27)8-4-14-33(28,29)18-11-9-16(24)10-12-18/h2-3,5-7,9-13H,4,8,14-15H2,1H3. The van der Waals surface area contributed by atoms with Crippen LogP contribution in [0.2, 0.25) is 0 Å². The third-order valence-corrected chi connectivity index (χ3v) is 7.85. The van der Waals surface area contributed by atoms with Crippen molar-refractivity contribution in [1.82, 2.24) is 4.98 Å². The number of aromatic nitrogens is 1. The lowest BCUT2D eigenvalue weighted by molar-refractivity contribution is -0.118. The van der Waals surface area contributed by atoms with Crippen LogP contribution >= 0.6 is 11.3 Å². The number of thiazole rings is 1. The number of hydrogen-bond donors (Lipinski definition) is 0. The molecule has 0 aliphatic carbocycles. The third-order valence-electron chi connectivity index (χ3n) is 4.99. The number of furan rings is 1. The van der Waals surface area contributed by atoms with Gasteiger partial charge in [-0.3, -0.25) is 9.69 Å². The molecular weight excluding hydrogens is 467 g/mol. The molecule has 0 unspecified atom stereocenters. The van der Waals surface area contributed by atoms with E-state index in [0.717, 1.165) is 16.8 Å². The Bertz CT molecular complexity index is 1350. The van der Waals surface area contributed by atoms with Crippen LogP contribution in [0, 0.1) is 5.82 Å². The van der Waals surface area contributed by atoms with Crippen molar-refractivity contribution < 1.29 is 26.8 Å². The molecule has 4 aromatic rings. The van der Waals surface area contributed by atoms with E-state index in [1.54, 1.807) is 25.3 Å². The lowest BCUT2D eigenvalue weighted by Gasteiger charge is -2.18. The van der Waals surface area contributed by atoms with E-state index in [1.807, 2.05) is 12.1 Å². The average Bonchev–Trinajstić information content (AvgIpc) is 3.47. The molecule has 4 rings (SSSR count). The summed E-state index contributed by atoms with van der Waals surface area (Å²) in [5.41, 5.74) is 0.649. The highest BCUT2D eigenvalue weighted by atomic mass is 32.2. The van der Waals surface area contributed by atoms with Crippen LogP contribution in [0.5, 0.6) is 5.75 Å². The van der Waals surface area contributed by atoms with E-state index in [0.29, 0.717) is 22.2 Å². The number of amides is 1. The van der Waals surface area contributed by atoms with Crippen LogP contribution in [0.1, 0.15) is 18.6 Å². The fraction of sp³-hybridized carbons (Fsp3) is 0.217. The summed E-state index contributed by atoms with van der Waals surface area (Å²) >= 11 is 1.34. The van der Waals surface area contributed by atoms with Gasteiger partial charge in [-0.05, 0) is 55.0 Å². The molecule has 2 aromatic carbocycles. The van der Waals surface area contributed by atoms with Gasteiger partial charge in [0.05, 0.1) is 35.3 Å². The van der Waals surface area contributed by atoms with Crippen molar-refractivity contribution in [3.8, 4) is 5.75 Å². The first kappa shape index (κ1) is 22.9. The second kappa shape index (κ2) is 9.72. The Morgan fingerprint density at radius 1 is 1.15 bits per heavy atom. The number of hydrogen-bond acceptors (Lipinski definition) is 7. The van der Waals surface area contributed by atoms with E-state index in [-0.39, 0.29) is 35.9 Å². The molecule has 33 heavy (non-hydrogen) atoms. The lowest BCUT2D eigenvalue weighted by Crippen LogP contribution is -2.30. The fourth-order valence-corrected chi connectivity index (χ4v) is 5.63. The summed E-state index contributed by atoms with van der Waals surface area (Å²) in [5.74, 6) is 0.162. The van der Waals surface area contributed by atoms with E-state index < -0.39 is 15.7 Å². The van der Waals surface area contributed by atoms with Crippen LogP contribution in [0.4, 0.5) is 9.52 Å². The van der Waals surface area contributed by atoms with Crippen LogP contribution < -0.4 is 9.64 Å². The Balaban J connectivity index is 1.52. The van der Waals surface area contributed by atoms with Gasteiger partial charge < -0.3 is 9.15 Å². The Labute approximate surface area is 194 Å². The predicted molar refractivity (Wildman–Crippen MR) is 124 cm³/mol. The Hall–Kier alpha value is -3.24. The zero-order valence-electron chi connectivity index (χ0n) is 17.7. The number of sulfone groups is 1. The first-order valence-electron chi connectivity index (χ1n) is 10.1. The number of methoxy groups -OCH3 is 1. The first-order chi connectivity index (χ1) is 15.9. The number of fused-ring (bicyclic) bond motifs is 1. The molecule has 1 amide bonds. The molecule has 0 aliphatic rings. The highest BCUT2D eigenvalue weighted by Gasteiger charge is 2.23. The Morgan fingerprint density at radius 3 is 2.64 bits per heavy atom. The average molecular weight is 489 g/mol. The highest BCUT2D eigenvalue weighted by molar-refractivity contribution is 7.91. The summed E-state index contributed by atoms with van der Waals surface area (Å²) in [6.45, 7) is 0.165. The molecule has 2 aromatic heterocycles. The van der Waals surface area contributed by atoms with Gasteiger partial charge in [0.25, 0.3) is 0 Å². The van der Waals surface area contributed by atoms with Crippen molar-refractivity contribution in [1.29, 1.82) is 0 Å². The van der Waals surface area contributed by atoms with Gasteiger partial charge in [-0.15, -0.1) is 0 Å². The van der Waals surface area contributed by atoms with E-state index in [9.17, 15) is 17.6 Å². The number of nitrogens with zero attached hydrogens (tertiary/aromatic N) is 2. The van der Waals surface area contributed by atoms with Crippen molar-refractivity contribution in [3.63, 3.8) is 0 Å². The van der Waals surface area contributed by atoms with Crippen molar-refractivity contribution in [2.24, 2.45) is 0 Å². The smallest absolute Gasteiger partial charge is 0.229 e. The van der Waals surface area contributed by atoms with Gasteiger partial charge >= 0.3 is 0 Å². The van der Waals surface area contributed by atoms with Gasteiger partial charge in [0.15, 0.2) is 15.0 Å². The van der Waals surface area contributed by atoms with E-state index in [1.165, 1.54) is 34.6 Å². The zero-order chi connectivity index (χ0) is 23.4. The normalized spacial score (nSPS) is 11.6. The molecule has 172 valence electrons. The number of para-hydroxylation sites is 1. The number of carbonyl (C=O) groups excluding carboxylic acids is 1. The van der Waals surface area contributed by atoms with Crippen molar-refractivity contribution in [2.75, 3.05) is 17.8 Å². The minimum Gasteiger partial charge on any atom is -0.494 e. The van der Waals surface area contributed by atoms with Gasteiger partial charge in [0, 0.05) is 6.42 Å². The molecule has 0 bridgehead atoms. The lowest BCUT2D eigenvalue weighted by atomic mass is 10.3. The maximum absolute atomic E-state index is 13.1. The van der Waals surface area contributed by atoms with Crippen LogP contribution in [-0.2, 0) is 21.2 Å². The summed E-state index contributed by atoms with van der Waals surface area (Å²) in [4.78, 5) is 19.3. The highest BCUT2D eigenvalue weighted by Crippen LogP contribution is 2.35. The van der Waals surface area contributed by atoms with E-state index >= 15 is 0 Å². The molecule has 0 N–H and O–H groups in total. The Morgan fingerprint density at radius 2 is 1.94 bits per heavy atom. The largest absolute Gasteiger partial charge is 0.494 e. The summed E-state index contributed by atoms with van der Waals surface area (Å²) in [5, 5.41) is 0.470. The number of anilines is 1. The second-order valence-corrected chi connectivity index (χ2v) is 10.4. The van der Waals surface area contributed by atoms with Gasteiger partial charge in [-0.1, -0.05) is 17.4 Å². The molecule has 0 saturated heterocycles. The molecule has 0 fully saturated rings. The quantitative estimate of drug-likeness (QED) is 0.314. The molecule has 0 aliphatic heterocycles. The molecule has 0 spiro atoms. The maximum Gasteiger partial charge on any atom is 0.229 e. The maximum atomic E-state index is 13.1. The van der Waals surface area contributed by atoms with Gasteiger partial charge in [0.2, 0.25) is 5.91 Å². The minimum absolute atomic E-state index is 0.00576.